The summed E-state index contributed by atoms with van der Waals surface area (Å²) in [5, 5.41) is 12.7. The number of likely N-dealkylation sites (N-methyl/N-ethyl adjacent to an activating group) is 1. The third-order valence-electron chi connectivity index (χ3n) is 4.19. The minimum absolute atomic E-state index is 0.175. The lowest BCUT2D eigenvalue weighted by Gasteiger charge is -2.34. The van der Waals surface area contributed by atoms with Crippen LogP contribution in [0, 0.1) is 0 Å². The lowest BCUT2D eigenvalue weighted by Crippen LogP contribution is -2.48. The van der Waals surface area contributed by atoms with Crippen molar-refractivity contribution in [3.8, 4) is 0 Å². The van der Waals surface area contributed by atoms with Gasteiger partial charge >= 0.3 is 0 Å². The van der Waals surface area contributed by atoms with Crippen molar-refractivity contribution >= 4 is 0 Å². The molecule has 0 radical (unpaired) electrons. The first-order chi connectivity index (χ1) is 8.58. The molecular formula is C15H24N2O. The summed E-state index contributed by atoms with van der Waals surface area (Å²) in [6.07, 6.45) is 0.952. The number of rotatable bonds is 5. The molecule has 3 heteroatoms. The Bertz CT molecular complexity index is 376. The zero-order valence-electron chi connectivity index (χ0n) is 11.6. The van der Waals surface area contributed by atoms with Crippen LogP contribution in [0.2, 0.25) is 0 Å². The van der Waals surface area contributed by atoms with Crippen molar-refractivity contribution in [1.82, 2.24) is 10.2 Å². The van der Waals surface area contributed by atoms with Crippen LogP contribution in [-0.4, -0.2) is 35.2 Å². The Morgan fingerprint density at radius 1 is 1.33 bits per heavy atom. The molecule has 1 aromatic carbocycles. The lowest BCUT2D eigenvalue weighted by atomic mass is 9.94. The molecule has 0 aliphatic carbocycles. The Morgan fingerprint density at radius 3 is 2.33 bits per heavy atom. The molecule has 0 saturated carbocycles. The van der Waals surface area contributed by atoms with Gasteiger partial charge < -0.3 is 10.4 Å². The summed E-state index contributed by atoms with van der Waals surface area (Å²) in [5.74, 6) is 0. The Hall–Kier alpha value is -0.900. The summed E-state index contributed by atoms with van der Waals surface area (Å²) in [6.45, 7) is 6.56. The fraction of sp³-hybridized carbons (Fsp3) is 0.600. The largest absolute Gasteiger partial charge is 0.394 e. The van der Waals surface area contributed by atoms with Gasteiger partial charge in [0, 0.05) is 24.7 Å². The van der Waals surface area contributed by atoms with Gasteiger partial charge in [-0.15, -0.1) is 0 Å². The summed E-state index contributed by atoms with van der Waals surface area (Å²) in [6, 6.07) is 9.11. The smallest absolute Gasteiger partial charge is 0.0611 e. The van der Waals surface area contributed by atoms with Crippen molar-refractivity contribution in [3.63, 3.8) is 0 Å². The van der Waals surface area contributed by atoms with Gasteiger partial charge in [-0.2, -0.15) is 0 Å². The third kappa shape index (κ3) is 2.74. The molecule has 3 nitrogen and oxygen atoms in total. The number of aliphatic hydroxyl groups excluding tert-OH is 1. The first kappa shape index (κ1) is 13.5. The van der Waals surface area contributed by atoms with Crippen molar-refractivity contribution in [1.29, 1.82) is 0 Å². The maximum Gasteiger partial charge on any atom is 0.0611 e. The zero-order valence-corrected chi connectivity index (χ0v) is 11.6. The van der Waals surface area contributed by atoms with E-state index in [1.54, 1.807) is 0 Å². The number of aliphatic hydroxyl groups is 1. The van der Waals surface area contributed by atoms with Crippen LogP contribution in [0.4, 0.5) is 0 Å². The average molecular weight is 248 g/mol. The monoisotopic (exact) mass is 248 g/mol. The molecular weight excluding hydrogens is 224 g/mol. The number of nitrogens with zero attached hydrogens (tertiary/aromatic N) is 1. The maximum absolute atomic E-state index is 9.47. The molecule has 0 saturated heterocycles. The van der Waals surface area contributed by atoms with Gasteiger partial charge in [0.25, 0.3) is 0 Å². The van der Waals surface area contributed by atoms with E-state index in [0.29, 0.717) is 6.04 Å². The second-order valence-corrected chi connectivity index (χ2v) is 5.70. The van der Waals surface area contributed by atoms with Gasteiger partial charge in [-0.1, -0.05) is 24.3 Å². The molecule has 0 aromatic heterocycles. The van der Waals surface area contributed by atoms with E-state index in [1.807, 2.05) is 7.05 Å². The van der Waals surface area contributed by atoms with Crippen LogP contribution in [0.5, 0.6) is 0 Å². The normalized spacial score (nSPS) is 20.4. The molecule has 100 valence electrons. The summed E-state index contributed by atoms with van der Waals surface area (Å²) in [5.41, 5.74) is 2.70. The number of fused-ring (bicyclic) bond motifs is 1. The highest BCUT2D eigenvalue weighted by Crippen LogP contribution is 2.27. The Kier molecular flexibility index (Phi) is 4.05. The van der Waals surface area contributed by atoms with Gasteiger partial charge in [-0.3, -0.25) is 4.90 Å². The summed E-state index contributed by atoms with van der Waals surface area (Å²) < 4.78 is 0. The van der Waals surface area contributed by atoms with E-state index < -0.39 is 0 Å². The maximum atomic E-state index is 9.47. The van der Waals surface area contributed by atoms with Gasteiger partial charge in [-0.25, -0.2) is 0 Å². The van der Waals surface area contributed by atoms with Crippen LogP contribution in [0.3, 0.4) is 0 Å². The van der Waals surface area contributed by atoms with Crippen LogP contribution < -0.4 is 5.32 Å². The average Bonchev–Trinajstić information content (AvgIpc) is 2.82. The summed E-state index contributed by atoms with van der Waals surface area (Å²) in [4.78, 5) is 2.48. The predicted octanol–water partition coefficient (Wildman–Crippen LogP) is 1.75. The van der Waals surface area contributed by atoms with Gasteiger partial charge in [0.05, 0.1) is 6.61 Å². The van der Waals surface area contributed by atoms with Crippen LogP contribution in [0.25, 0.3) is 0 Å². The van der Waals surface area contributed by atoms with E-state index in [0.717, 1.165) is 19.5 Å². The fourth-order valence-electron chi connectivity index (χ4n) is 2.70. The zero-order chi connectivity index (χ0) is 13.2. The minimum Gasteiger partial charge on any atom is -0.394 e. The second-order valence-electron chi connectivity index (χ2n) is 5.70. The van der Waals surface area contributed by atoms with Crippen molar-refractivity contribution in [3.05, 3.63) is 35.4 Å². The highest BCUT2D eigenvalue weighted by Gasteiger charge is 2.29. The summed E-state index contributed by atoms with van der Waals surface area (Å²) in [7, 11) is 1.92. The molecule has 1 heterocycles. The quantitative estimate of drug-likeness (QED) is 0.833. The number of hydrogen-bond acceptors (Lipinski definition) is 3. The van der Waals surface area contributed by atoms with Crippen molar-refractivity contribution in [2.75, 3.05) is 13.7 Å². The van der Waals surface area contributed by atoms with Crippen molar-refractivity contribution < 1.29 is 5.11 Å². The van der Waals surface area contributed by atoms with Crippen LogP contribution in [-0.2, 0) is 13.1 Å². The first-order valence-corrected chi connectivity index (χ1v) is 6.68. The third-order valence-corrected chi connectivity index (χ3v) is 4.19. The Labute approximate surface area is 110 Å². The van der Waals surface area contributed by atoms with Crippen LogP contribution in [0.15, 0.2) is 24.3 Å². The topological polar surface area (TPSA) is 35.5 Å². The highest BCUT2D eigenvalue weighted by molar-refractivity contribution is 5.30. The van der Waals surface area contributed by atoms with E-state index in [2.05, 4.69) is 48.3 Å². The Balaban J connectivity index is 1.99. The molecule has 18 heavy (non-hydrogen) atoms. The van der Waals surface area contributed by atoms with Gasteiger partial charge in [0.2, 0.25) is 0 Å². The first-order valence-electron chi connectivity index (χ1n) is 6.68. The molecule has 2 N–H and O–H groups in total. The second kappa shape index (κ2) is 5.39. The SMILES string of the molecule is CNC(C)(CO)CC(C)N1Cc2ccccc2C1. The minimum atomic E-state index is -0.186. The van der Waals surface area contributed by atoms with E-state index in [-0.39, 0.29) is 12.1 Å². The van der Waals surface area contributed by atoms with E-state index in [4.69, 9.17) is 0 Å². The van der Waals surface area contributed by atoms with Gasteiger partial charge in [0.15, 0.2) is 0 Å². The number of hydrogen-bond donors (Lipinski definition) is 2. The van der Waals surface area contributed by atoms with Crippen LogP contribution in [0.1, 0.15) is 31.4 Å². The van der Waals surface area contributed by atoms with Gasteiger partial charge in [-0.05, 0) is 38.4 Å². The molecule has 0 amide bonds. The molecule has 0 fully saturated rings. The Morgan fingerprint density at radius 2 is 1.89 bits per heavy atom. The molecule has 2 atom stereocenters. The molecule has 0 spiro atoms. The van der Waals surface area contributed by atoms with Gasteiger partial charge in [0.1, 0.15) is 0 Å². The summed E-state index contributed by atoms with van der Waals surface area (Å²) >= 11 is 0. The van der Waals surface area contributed by atoms with Crippen molar-refractivity contribution in [2.24, 2.45) is 0 Å². The molecule has 1 aliphatic rings. The fourth-order valence-corrected chi connectivity index (χ4v) is 2.70. The predicted molar refractivity (Wildman–Crippen MR) is 74.3 cm³/mol. The molecule has 2 rings (SSSR count). The standard InChI is InChI=1S/C15H24N2O/c1-12(8-15(2,11-18)16-3)17-9-13-6-4-5-7-14(13)10-17/h4-7,12,16,18H,8-11H2,1-3H3. The molecule has 1 aliphatic heterocycles. The number of nitrogens with one attached hydrogen (secondary N) is 1. The molecule has 0 bridgehead atoms. The number of benzene rings is 1. The molecule has 2 unspecified atom stereocenters. The van der Waals surface area contributed by atoms with E-state index in [9.17, 15) is 5.11 Å². The molecule has 1 aromatic rings. The van der Waals surface area contributed by atoms with Crippen LogP contribution >= 0.6 is 0 Å². The van der Waals surface area contributed by atoms with Crippen molar-refractivity contribution in [2.45, 2.75) is 44.9 Å². The van der Waals surface area contributed by atoms with E-state index in [1.165, 1.54) is 11.1 Å². The van der Waals surface area contributed by atoms with E-state index >= 15 is 0 Å². The highest BCUT2D eigenvalue weighted by atomic mass is 16.3. The lowest BCUT2D eigenvalue weighted by molar-refractivity contribution is 0.118.